The van der Waals surface area contributed by atoms with Gasteiger partial charge in [-0.25, -0.2) is 9.59 Å². The first kappa shape index (κ1) is 23.8. The van der Waals surface area contributed by atoms with E-state index in [0.29, 0.717) is 51.7 Å². The van der Waals surface area contributed by atoms with Crippen molar-refractivity contribution in [3.05, 3.63) is 25.3 Å². The third-order valence-electron chi connectivity index (χ3n) is 5.09. The molecule has 1 fully saturated rings. The van der Waals surface area contributed by atoms with Crippen LogP contribution in [0, 0.1) is 11.8 Å². The van der Waals surface area contributed by atoms with Crippen molar-refractivity contribution >= 4 is 23.5 Å². The van der Waals surface area contributed by atoms with E-state index in [1.807, 2.05) is 0 Å². The van der Waals surface area contributed by atoms with Gasteiger partial charge in [-0.05, 0) is 51.4 Å². The van der Waals surface area contributed by atoms with Crippen LogP contribution in [0.25, 0.3) is 0 Å². The molecule has 0 N–H and O–H groups in total. The number of unbranched alkanes of at least 4 members (excludes halogenated alkanes) is 2. The molecule has 0 heterocycles. The summed E-state index contributed by atoms with van der Waals surface area (Å²) in [6, 6.07) is 0. The Morgan fingerprint density at radius 2 is 1.04 bits per heavy atom. The van der Waals surface area contributed by atoms with Crippen LogP contribution in [0.4, 0.5) is 0 Å². The summed E-state index contributed by atoms with van der Waals surface area (Å²) < 4.78 is 9.78. The van der Waals surface area contributed by atoms with Gasteiger partial charge >= 0.3 is 11.9 Å². The average molecular weight is 392 g/mol. The first-order chi connectivity index (χ1) is 13.5. The minimum atomic E-state index is -0.438. The lowest BCUT2D eigenvalue weighted by molar-refractivity contribution is -0.138. The number of Topliss-reactive ketones (excluding diaryl/α,β-unsaturated/α-hetero) is 2. The van der Waals surface area contributed by atoms with Gasteiger partial charge in [0.05, 0.1) is 13.2 Å². The minimum Gasteiger partial charge on any atom is -0.463 e. The molecule has 28 heavy (non-hydrogen) atoms. The maximum absolute atomic E-state index is 12.3. The summed E-state index contributed by atoms with van der Waals surface area (Å²) in [5.41, 5.74) is 0. The normalized spacial score (nSPS) is 18.7. The minimum absolute atomic E-state index is 0.0538. The van der Waals surface area contributed by atoms with E-state index >= 15 is 0 Å². The molecular formula is C22H32O6. The Balaban J connectivity index is 2.12. The molecule has 1 saturated carbocycles. The molecule has 0 aromatic carbocycles. The fraction of sp³-hybridized carbons (Fsp3) is 0.636. The molecule has 1 aliphatic carbocycles. The largest absolute Gasteiger partial charge is 0.463 e. The predicted molar refractivity (Wildman–Crippen MR) is 105 cm³/mol. The van der Waals surface area contributed by atoms with Crippen LogP contribution in [0.3, 0.4) is 0 Å². The Labute approximate surface area is 167 Å². The number of rotatable bonds is 14. The number of ether oxygens (including phenoxy) is 2. The molecule has 156 valence electrons. The second-order valence-corrected chi connectivity index (χ2v) is 7.14. The topological polar surface area (TPSA) is 86.7 Å². The van der Waals surface area contributed by atoms with Crippen molar-refractivity contribution in [1.82, 2.24) is 0 Å². The highest BCUT2D eigenvalue weighted by atomic mass is 16.5. The number of carbonyl (C=O) groups excluding carboxylic acids is 4. The van der Waals surface area contributed by atoms with E-state index in [4.69, 9.17) is 9.47 Å². The molecule has 0 unspecified atom stereocenters. The molecular weight excluding hydrogens is 360 g/mol. The van der Waals surface area contributed by atoms with Crippen molar-refractivity contribution in [1.29, 1.82) is 0 Å². The Morgan fingerprint density at radius 1 is 0.679 bits per heavy atom. The summed E-state index contributed by atoms with van der Waals surface area (Å²) in [6.07, 6.45) is 9.10. The van der Waals surface area contributed by atoms with Gasteiger partial charge in [0.25, 0.3) is 0 Å². The van der Waals surface area contributed by atoms with Crippen molar-refractivity contribution in [2.45, 2.75) is 64.2 Å². The van der Waals surface area contributed by atoms with Gasteiger partial charge in [0.1, 0.15) is 11.6 Å². The number of hydrogen-bond donors (Lipinski definition) is 0. The molecule has 0 aromatic heterocycles. The molecule has 1 aliphatic rings. The van der Waals surface area contributed by atoms with E-state index in [9.17, 15) is 19.2 Å². The molecule has 0 aromatic rings. The Bertz CT molecular complexity index is 507. The number of hydrogen-bond acceptors (Lipinski definition) is 6. The predicted octanol–water partition coefficient (Wildman–Crippen LogP) is 3.73. The Hall–Kier alpha value is -2.24. The SMILES string of the molecule is C=CC(=O)OCCCCC(=O)C1CCC(C(=O)CCCCOC(=O)C=C)CC1. The molecule has 0 bridgehead atoms. The molecule has 0 atom stereocenters. The summed E-state index contributed by atoms with van der Waals surface area (Å²) in [5, 5.41) is 0. The number of esters is 2. The Morgan fingerprint density at radius 3 is 1.36 bits per heavy atom. The van der Waals surface area contributed by atoms with Gasteiger partial charge in [0.2, 0.25) is 0 Å². The van der Waals surface area contributed by atoms with Gasteiger partial charge in [-0.2, -0.15) is 0 Å². The quantitative estimate of drug-likeness (QED) is 0.254. The summed E-state index contributed by atoms with van der Waals surface area (Å²) in [5.74, 6) is -0.259. The highest BCUT2D eigenvalue weighted by molar-refractivity contribution is 5.83. The summed E-state index contributed by atoms with van der Waals surface area (Å²) in [6.45, 7) is 7.28. The van der Waals surface area contributed by atoms with Gasteiger partial charge in [-0.15, -0.1) is 0 Å². The van der Waals surface area contributed by atoms with Crippen LogP contribution in [0.15, 0.2) is 25.3 Å². The van der Waals surface area contributed by atoms with Crippen LogP contribution in [0.1, 0.15) is 64.2 Å². The summed E-state index contributed by atoms with van der Waals surface area (Å²) >= 11 is 0. The van der Waals surface area contributed by atoms with Crippen LogP contribution in [-0.2, 0) is 28.7 Å². The van der Waals surface area contributed by atoms with Gasteiger partial charge in [-0.1, -0.05) is 13.2 Å². The van der Waals surface area contributed by atoms with Crippen LogP contribution in [0.5, 0.6) is 0 Å². The highest BCUT2D eigenvalue weighted by Crippen LogP contribution is 2.31. The van der Waals surface area contributed by atoms with Gasteiger partial charge in [0.15, 0.2) is 0 Å². The number of ketones is 2. The van der Waals surface area contributed by atoms with Crippen molar-refractivity contribution in [2.24, 2.45) is 11.8 Å². The lowest BCUT2D eigenvalue weighted by Gasteiger charge is -2.26. The van der Waals surface area contributed by atoms with Gasteiger partial charge < -0.3 is 9.47 Å². The van der Waals surface area contributed by atoms with Crippen molar-refractivity contribution in [3.8, 4) is 0 Å². The monoisotopic (exact) mass is 392 g/mol. The second-order valence-electron chi connectivity index (χ2n) is 7.14. The molecule has 0 radical (unpaired) electrons. The van der Waals surface area contributed by atoms with E-state index in [-0.39, 0.29) is 23.4 Å². The maximum atomic E-state index is 12.3. The van der Waals surface area contributed by atoms with Gasteiger partial charge in [0, 0.05) is 36.8 Å². The zero-order valence-electron chi connectivity index (χ0n) is 16.7. The molecule has 6 nitrogen and oxygen atoms in total. The lowest BCUT2D eigenvalue weighted by atomic mass is 9.77. The van der Waals surface area contributed by atoms with Crippen molar-refractivity contribution in [2.75, 3.05) is 13.2 Å². The van der Waals surface area contributed by atoms with E-state index in [1.54, 1.807) is 0 Å². The fourth-order valence-corrected chi connectivity index (χ4v) is 3.41. The maximum Gasteiger partial charge on any atom is 0.330 e. The standard InChI is InChI=1S/C22H32O6/c1-3-21(25)27-15-7-5-9-19(23)17-11-13-18(14-12-17)20(24)10-6-8-16-28-22(26)4-2/h3-4,17-18H,1-2,5-16H2. The van der Waals surface area contributed by atoms with Gasteiger partial charge in [-0.3, -0.25) is 9.59 Å². The Kier molecular flexibility index (Phi) is 11.8. The lowest BCUT2D eigenvalue weighted by Crippen LogP contribution is -2.26. The first-order valence-electron chi connectivity index (χ1n) is 10.1. The molecule has 6 heteroatoms. The van der Waals surface area contributed by atoms with Crippen molar-refractivity contribution in [3.63, 3.8) is 0 Å². The summed E-state index contributed by atoms with van der Waals surface area (Å²) in [4.78, 5) is 46.4. The zero-order valence-corrected chi connectivity index (χ0v) is 16.7. The van der Waals surface area contributed by atoms with E-state index in [1.165, 1.54) is 0 Å². The third kappa shape index (κ3) is 9.62. The number of carbonyl (C=O) groups is 4. The molecule has 0 aliphatic heterocycles. The average Bonchev–Trinajstić information content (AvgIpc) is 2.72. The molecule has 0 saturated heterocycles. The smallest absolute Gasteiger partial charge is 0.330 e. The van der Waals surface area contributed by atoms with Crippen LogP contribution in [0.2, 0.25) is 0 Å². The van der Waals surface area contributed by atoms with Crippen LogP contribution >= 0.6 is 0 Å². The summed E-state index contributed by atoms with van der Waals surface area (Å²) in [7, 11) is 0. The molecule has 1 rings (SSSR count). The van der Waals surface area contributed by atoms with E-state index in [0.717, 1.165) is 37.8 Å². The molecule has 0 amide bonds. The zero-order chi connectivity index (χ0) is 20.8. The van der Waals surface area contributed by atoms with Crippen molar-refractivity contribution < 1.29 is 28.7 Å². The fourth-order valence-electron chi connectivity index (χ4n) is 3.41. The second kappa shape index (κ2) is 13.9. The van der Waals surface area contributed by atoms with Crippen LogP contribution in [-0.4, -0.2) is 36.7 Å². The van der Waals surface area contributed by atoms with E-state index in [2.05, 4.69) is 13.2 Å². The van der Waals surface area contributed by atoms with Crippen LogP contribution < -0.4 is 0 Å². The first-order valence-corrected chi connectivity index (χ1v) is 10.1. The highest BCUT2D eigenvalue weighted by Gasteiger charge is 2.29. The van der Waals surface area contributed by atoms with E-state index < -0.39 is 11.9 Å². The molecule has 0 spiro atoms. The third-order valence-corrected chi connectivity index (χ3v) is 5.09.